The van der Waals surface area contributed by atoms with Crippen molar-refractivity contribution in [1.29, 1.82) is 0 Å². The zero-order valence-corrected chi connectivity index (χ0v) is 12.5. The Labute approximate surface area is 123 Å². The van der Waals surface area contributed by atoms with Crippen LogP contribution in [0.15, 0.2) is 16.6 Å². The first-order valence-corrected chi connectivity index (χ1v) is 6.46. The minimum atomic E-state index is -0.725. The molecular formula is C11H12BrClFN3O2. The van der Waals surface area contributed by atoms with Gasteiger partial charge in [0.25, 0.3) is 0 Å². The van der Waals surface area contributed by atoms with E-state index in [-0.39, 0.29) is 5.02 Å². The Kier molecular flexibility index (Phi) is 5.56. The van der Waals surface area contributed by atoms with E-state index in [9.17, 15) is 14.0 Å². The average molecular weight is 353 g/mol. The van der Waals surface area contributed by atoms with Crippen LogP contribution < -0.4 is 16.0 Å². The summed E-state index contributed by atoms with van der Waals surface area (Å²) in [5.74, 6) is -1.03. The van der Waals surface area contributed by atoms with Crippen LogP contribution in [0, 0.1) is 5.82 Å². The number of anilines is 1. The molecule has 8 heteroatoms. The molecule has 1 rings (SSSR count). The zero-order chi connectivity index (χ0) is 14.6. The molecule has 1 unspecified atom stereocenters. The number of carbonyl (C=O) groups is 2. The Balaban J connectivity index is 2.80. The van der Waals surface area contributed by atoms with Crippen LogP contribution in [-0.2, 0) is 4.79 Å². The number of carbonyl (C=O) groups excluding carboxylic acids is 2. The normalized spacial score (nSPS) is 11.6. The number of nitrogens with one attached hydrogen (secondary N) is 3. The molecule has 1 aromatic rings. The third kappa shape index (κ3) is 4.36. The molecule has 3 N–H and O–H groups in total. The summed E-state index contributed by atoms with van der Waals surface area (Å²) < 4.78 is 13.4. The summed E-state index contributed by atoms with van der Waals surface area (Å²) in [6.07, 6.45) is 0. The number of halogens is 3. The Morgan fingerprint density at radius 3 is 2.58 bits per heavy atom. The lowest BCUT2D eigenvalue weighted by Gasteiger charge is -2.17. The molecule has 0 heterocycles. The van der Waals surface area contributed by atoms with Crippen LogP contribution in [0.4, 0.5) is 14.9 Å². The van der Waals surface area contributed by atoms with E-state index < -0.39 is 23.8 Å². The topological polar surface area (TPSA) is 70.2 Å². The maximum absolute atomic E-state index is 13.0. The first-order valence-electron chi connectivity index (χ1n) is 5.28. The van der Waals surface area contributed by atoms with E-state index >= 15 is 0 Å². The van der Waals surface area contributed by atoms with Crippen LogP contribution in [-0.4, -0.2) is 25.0 Å². The van der Waals surface area contributed by atoms with Crippen LogP contribution in [0.3, 0.4) is 0 Å². The van der Waals surface area contributed by atoms with E-state index in [0.29, 0.717) is 10.2 Å². The molecule has 104 valence electrons. The predicted molar refractivity (Wildman–Crippen MR) is 74.8 cm³/mol. The van der Waals surface area contributed by atoms with E-state index in [0.717, 1.165) is 6.07 Å². The summed E-state index contributed by atoms with van der Waals surface area (Å²) in [6.45, 7) is 1.55. The van der Waals surface area contributed by atoms with Crippen molar-refractivity contribution in [2.75, 3.05) is 12.4 Å². The highest BCUT2D eigenvalue weighted by molar-refractivity contribution is 9.10. The van der Waals surface area contributed by atoms with Crippen LogP contribution in [0.1, 0.15) is 6.92 Å². The lowest BCUT2D eigenvalue weighted by atomic mass is 10.2. The van der Waals surface area contributed by atoms with Crippen molar-refractivity contribution in [3.05, 3.63) is 27.4 Å². The van der Waals surface area contributed by atoms with Gasteiger partial charge in [-0.3, -0.25) is 10.1 Å². The monoisotopic (exact) mass is 351 g/mol. The second-order valence-electron chi connectivity index (χ2n) is 3.68. The number of benzene rings is 1. The smallest absolute Gasteiger partial charge is 0.321 e. The van der Waals surface area contributed by atoms with Gasteiger partial charge in [0, 0.05) is 11.5 Å². The number of imide groups is 1. The predicted octanol–water partition coefficient (Wildman–Crippen LogP) is 2.50. The van der Waals surface area contributed by atoms with E-state index in [1.807, 2.05) is 0 Å². The van der Waals surface area contributed by atoms with Gasteiger partial charge >= 0.3 is 6.03 Å². The Morgan fingerprint density at radius 1 is 1.42 bits per heavy atom. The van der Waals surface area contributed by atoms with Gasteiger partial charge in [-0.15, -0.1) is 0 Å². The van der Waals surface area contributed by atoms with Crippen molar-refractivity contribution in [1.82, 2.24) is 10.6 Å². The van der Waals surface area contributed by atoms with E-state index in [4.69, 9.17) is 11.6 Å². The molecule has 0 radical (unpaired) electrons. The molecule has 0 aliphatic rings. The molecule has 19 heavy (non-hydrogen) atoms. The number of hydrogen-bond acceptors (Lipinski definition) is 3. The molecule has 1 aromatic carbocycles. The van der Waals surface area contributed by atoms with Gasteiger partial charge in [-0.25, -0.2) is 9.18 Å². The van der Waals surface area contributed by atoms with Gasteiger partial charge in [0.2, 0.25) is 5.91 Å². The molecule has 0 aliphatic heterocycles. The standard InChI is InChI=1S/C11H12BrClFN3O2/c1-5(10(18)17-11(19)15-2)16-9-7(12)3-6(14)4-8(9)13/h3-5,16H,1-2H3,(H2,15,17,18,19). The molecule has 0 aromatic heterocycles. The van der Waals surface area contributed by atoms with Crippen molar-refractivity contribution in [2.45, 2.75) is 13.0 Å². The van der Waals surface area contributed by atoms with Crippen molar-refractivity contribution in [3.8, 4) is 0 Å². The summed E-state index contributed by atoms with van der Waals surface area (Å²) in [5, 5.41) is 7.31. The minimum absolute atomic E-state index is 0.131. The SMILES string of the molecule is CNC(=O)NC(=O)C(C)Nc1c(Cl)cc(F)cc1Br. The fraction of sp³-hybridized carbons (Fsp3) is 0.273. The summed E-state index contributed by atoms with van der Waals surface area (Å²) in [7, 11) is 1.40. The number of urea groups is 1. The molecule has 0 saturated heterocycles. The summed E-state index contributed by atoms with van der Waals surface area (Å²) in [6, 6.07) is 1.01. The highest BCUT2D eigenvalue weighted by Crippen LogP contribution is 2.32. The largest absolute Gasteiger partial charge is 0.372 e. The van der Waals surface area contributed by atoms with Gasteiger partial charge in [0.1, 0.15) is 11.9 Å². The number of amides is 3. The molecule has 0 spiro atoms. The molecule has 1 atom stereocenters. The van der Waals surface area contributed by atoms with Crippen LogP contribution in [0.5, 0.6) is 0 Å². The maximum atomic E-state index is 13.0. The molecule has 5 nitrogen and oxygen atoms in total. The molecule has 0 saturated carbocycles. The first kappa shape index (κ1) is 15.7. The first-order chi connectivity index (χ1) is 8.85. The van der Waals surface area contributed by atoms with Crippen molar-refractivity contribution in [3.63, 3.8) is 0 Å². The summed E-state index contributed by atoms with van der Waals surface area (Å²) in [5.41, 5.74) is 0.377. The second-order valence-corrected chi connectivity index (χ2v) is 4.94. The van der Waals surface area contributed by atoms with Crippen molar-refractivity contribution in [2.24, 2.45) is 0 Å². The fourth-order valence-electron chi connectivity index (χ4n) is 1.24. The molecular weight excluding hydrogens is 340 g/mol. The molecule has 0 aliphatic carbocycles. The molecule has 3 amide bonds. The minimum Gasteiger partial charge on any atom is -0.372 e. The van der Waals surface area contributed by atoms with Gasteiger partial charge in [-0.2, -0.15) is 0 Å². The van der Waals surface area contributed by atoms with Gasteiger partial charge in [0.05, 0.1) is 10.7 Å². The van der Waals surface area contributed by atoms with Gasteiger partial charge in [0.15, 0.2) is 0 Å². The average Bonchev–Trinajstić information content (AvgIpc) is 2.32. The number of rotatable bonds is 3. The lowest BCUT2D eigenvalue weighted by Crippen LogP contribution is -2.44. The van der Waals surface area contributed by atoms with Crippen molar-refractivity contribution < 1.29 is 14.0 Å². The Bertz CT molecular complexity index is 490. The quantitative estimate of drug-likeness (QED) is 0.783. The van der Waals surface area contributed by atoms with E-state index in [2.05, 4.69) is 31.9 Å². The van der Waals surface area contributed by atoms with Gasteiger partial charge in [-0.1, -0.05) is 11.6 Å². The third-order valence-corrected chi connectivity index (χ3v) is 3.15. The number of hydrogen-bond donors (Lipinski definition) is 3. The fourth-order valence-corrected chi connectivity index (χ4v) is 2.17. The highest BCUT2D eigenvalue weighted by atomic mass is 79.9. The molecule has 0 bridgehead atoms. The molecule has 0 fully saturated rings. The van der Waals surface area contributed by atoms with Gasteiger partial charge < -0.3 is 10.6 Å². The van der Waals surface area contributed by atoms with E-state index in [1.165, 1.54) is 13.1 Å². The second kappa shape index (κ2) is 6.72. The van der Waals surface area contributed by atoms with Crippen LogP contribution in [0.25, 0.3) is 0 Å². The highest BCUT2D eigenvalue weighted by Gasteiger charge is 2.18. The van der Waals surface area contributed by atoms with Gasteiger partial charge in [-0.05, 0) is 35.0 Å². The van der Waals surface area contributed by atoms with E-state index in [1.54, 1.807) is 6.92 Å². The maximum Gasteiger partial charge on any atom is 0.321 e. The lowest BCUT2D eigenvalue weighted by molar-refractivity contribution is -0.120. The Hall–Kier alpha value is -1.34. The third-order valence-electron chi connectivity index (χ3n) is 2.22. The van der Waals surface area contributed by atoms with Crippen LogP contribution >= 0.6 is 27.5 Å². The summed E-state index contributed by atoms with van der Waals surface area (Å²) in [4.78, 5) is 22.6. The zero-order valence-electron chi connectivity index (χ0n) is 10.2. The summed E-state index contributed by atoms with van der Waals surface area (Å²) >= 11 is 9.02. The Morgan fingerprint density at radius 2 is 2.05 bits per heavy atom. The van der Waals surface area contributed by atoms with Crippen LogP contribution in [0.2, 0.25) is 5.02 Å². The van der Waals surface area contributed by atoms with Crippen molar-refractivity contribution >= 4 is 45.2 Å².